The minimum absolute atomic E-state index is 0.140. The van der Waals surface area contributed by atoms with Crippen molar-refractivity contribution in [2.45, 2.75) is 19.0 Å². The number of hydrazone groups is 1. The van der Waals surface area contributed by atoms with Crippen molar-refractivity contribution in [3.63, 3.8) is 0 Å². The van der Waals surface area contributed by atoms with Crippen LogP contribution in [0.25, 0.3) is 17.1 Å². The van der Waals surface area contributed by atoms with Crippen LogP contribution in [0.4, 0.5) is 0 Å². The molecule has 0 spiro atoms. The standard InChI is InChI=1S/C25H23N5O2S/c1-17-6-10-20(11-7-17)24-28-29-25(30(24)21-12-8-18(2)9-13-21)33-16-23(32)27-26-15-19-4-3-5-22(31)14-19/h3-15H,16H2,1-2H3,(H2,27,31,32)/p+1/b26-15+. The van der Waals surface area contributed by atoms with E-state index in [9.17, 15) is 9.90 Å². The molecule has 33 heavy (non-hydrogen) atoms. The van der Waals surface area contributed by atoms with E-state index in [0.29, 0.717) is 10.7 Å². The Bertz CT molecular complexity index is 1280. The van der Waals surface area contributed by atoms with E-state index in [2.05, 4.69) is 32.9 Å². The number of carbonyl (C=O) groups excluding carboxylic acids is 1. The van der Waals surface area contributed by atoms with Crippen molar-refractivity contribution >= 4 is 23.9 Å². The normalized spacial score (nSPS) is 11.1. The van der Waals surface area contributed by atoms with E-state index in [4.69, 9.17) is 0 Å². The number of amides is 1. The van der Waals surface area contributed by atoms with Gasteiger partial charge in [-0.2, -0.15) is 9.67 Å². The van der Waals surface area contributed by atoms with Crippen molar-refractivity contribution in [3.05, 3.63) is 89.5 Å². The molecule has 1 aromatic heterocycles. The highest BCUT2D eigenvalue weighted by Crippen LogP contribution is 2.21. The van der Waals surface area contributed by atoms with E-state index in [1.165, 1.54) is 23.5 Å². The van der Waals surface area contributed by atoms with Crippen LogP contribution in [0.5, 0.6) is 5.75 Å². The van der Waals surface area contributed by atoms with E-state index >= 15 is 0 Å². The summed E-state index contributed by atoms with van der Waals surface area (Å²) in [6.45, 7) is 4.09. The van der Waals surface area contributed by atoms with Gasteiger partial charge in [0.15, 0.2) is 0 Å². The molecular weight excluding hydrogens is 434 g/mol. The summed E-state index contributed by atoms with van der Waals surface area (Å²) in [6.07, 6.45) is 1.48. The third kappa shape index (κ3) is 5.67. The van der Waals surface area contributed by atoms with Gasteiger partial charge in [-0.25, -0.2) is 5.43 Å². The van der Waals surface area contributed by atoms with Crippen LogP contribution < -0.4 is 9.99 Å². The van der Waals surface area contributed by atoms with E-state index in [1.54, 1.807) is 24.3 Å². The van der Waals surface area contributed by atoms with Crippen LogP contribution in [-0.2, 0) is 4.79 Å². The number of H-pyrrole nitrogens is 1. The lowest BCUT2D eigenvalue weighted by Gasteiger charge is -2.05. The van der Waals surface area contributed by atoms with E-state index in [-0.39, 0.29) is 17.4 Å². The number of benzene rings is 3. The Morgan fingerprint density at radius 3 is 2.48 bits per heavy atom. The lowest BCUT2D eigenvalue weighted by atomic mass is 10.1. The molecule has 3 N–H and O–H groups in total. The zero-order valence-corrected chi connectivity index (χ0v) is 19.1. The summed E-state index contributed by atoms with van der Waals surface area (Å²) in [7, 11) is 0. The number of aryl methyl sites for hydroxylation is 2. The Kier molecular flexibility index (Phi) is 6.85. The number of hydrogen-bond donors (Lipinski definition) is 3. The first-order valence-corrected chi connectivity index (χ1v) is 11.4. The fourth-order valence-electron chi connectivity index (χ4n) is 3.18. The summed E-state index contributed by atoms with van der Waals surface area (Å²) in [5.74, 6) is 0.862. The van der Waals surface area contributed by atoms with Crippen LogP contribution in [0.1, 0.15) is 16.7 Å². The molecular formula is C25H24N5O2S+. The average Bonchev–Trinajstić information content (AvgIpc) is 3.23. The minimum Gasteiger partial charge on any atom is -0.508 e. The first-order valence-electron chi connectivity index (χ1n) is 10.4. The van der Waals surface area contributed by atoms with E-state index < -0.39 is 0 Å². The second kappa shape index (κ2) is 10.1. The molecule has 4 rings (SSSR count). The van der Waals surface area contributed by atoms with E-state index in [1.807, 2.05) is 54.8 Å². The molecule has 0 atom stereocenters. The van der Waals surface area contributed by atoms with Crippen molar-refractivity contribution in [1.82, 2.24) is 15.6 Å². The van der Waals surface area contributed by atoms with Gasteiger partial charge in [0.05, 0.1) is 22.6 Å². The van der Waals surface area contributed by atoms with Gasteiger partial charge in [0.2, 0.25) is 0 Å². The van der Waals surface area contributed by atoms with Gasteiger partial charge >= 0.3 is 5.16 Å². The maximum absolute atomic E-state index is 12.3. The molecule has 0 aliphatic rings. The van der Waals surface area contributed by atoms with Crippen molar-refractivity contribution < 1.29 is 14.5 Å². The predicted molar refractivity (Wildman–Crippen MR) is 130 cm³/mol. The van der Waals surface area contributed by atoms with Gasteiger partial charge in [0.1, 0.15) is 11.4 Å². The number of carbonyl (C=O) groups is 1. The quantitative estimate of drug-likeness (QED) is 0.169. The molecule has 0 aliphatic heterocycles. The molecule has 1 heterocycles. The number of aromatic nitrogens is 3. The summed E-state index contributed by atoms with van der Waals surface area (Å²) in [4.78, 5) is 12.3. The van der Waals surface area contributed by atoms with Crippen LogP contribution in [0, 0.1) is 13.8 Å². The zero-order valence-electron chi connectivity index (χ0n) is 18.3. The largest absolute Gasteiger partial charge is 0.508 e. The maximum Gasteiger partial charge on any atom is 0.342 e. The molecule has 0 unspecified atom stereocenters. The second-order valence-corrected chi connectivity index (χ2v) is 8.51. The summed E-state index contributed by atoms with van der Waals surface area (Å²) in [6, 6.07) is 23.0. The van der Waals surface area contributed by atoms with Crippen molar-refractivity contribution in [1.29, 1.82) is 0 Å². The Morgan fingerprint density at radius 1 is 1.09 bits per heavy atom. The molecule has 8 heteroatoms. The molecule has 7 nitrogen and oxygen atoms in total. The van der Waals surface area contributed by atoms with Crippen LogP contribution in [0.2, 0.25) is 0 Å². The SMILES string of the molecule is Cc1ccc(-c2[nH]nc(SCC(=O)N/N=C/c3cccc(O)c3)[n+]2-c2ccc(C)cc2)cc1. The third-order valence-corrected chi connectivity index (χ3v) is 5.83. The summed E-state index contributed by atoms with van der Waals surface area (Å²) >= 11 is 1.32. The second-order valence-electron chi connectivity index (χ2n) is 7.57. The number of rotatable bonds is 7. The number of aromatic amines is 1. The number of thioether (sulfide) groups is 1. The number of nitrogens with zero attached hydrogens (tertiary/aromatic N) is 3. The Morgan fingerprint density at radius 2 is 1.79 bits per heavy atom. The summed E-state index contributed by atoms with van der Waals surface area (Å²) < 4.78 is 2.01. The number of phenolic OH excluding ortho intramolecular Hbond substituents is 1. The van der Waals surface area contributed by atoms with Gasteiger partial charge < -0.3 is 5.11 Å². The topological polar surface area (TPSA) is 94.2 Å². The molecule has 0 fully saturated rings. The lowest BCUT2D eigenvalue weighted by molar-refractivity contribution is -0.625. The Hall–Kier alpha value is -3.91. The van der Waals surface area contributed by atoms with Crippen LogP contribution in [0.3, 0.4) is 0 Å². The molecule has 0 aliphatic carbocycles. The fourth-order valence-corrected chi connectivity index (χ4v) is 3.94. The summed E-state index contributed by atoms with van der Waals surface area (Å²) in [5.41, 5.74) is 7.50. The van der Waals surface area contributed by atoms with Gasteiger partial charge in [0.25, 0.3) is 11.7 Å². The Labute approximate surface area is 196 Å². The van der Waals surface area contributed by atoms with Gasteiger partial charge in [-0.1, -0.05) is 47.5 Å². The van der Waals surface area contributed by atoms with Crippen molar-refractivity contribution in [2.24, 2.45) is 5.10 Å². The van der Waals surface area contributed by atoms with Crippen LogP contribution >= 0.6 is 11.8 Å². The van der Waals surface area contributed by atoms with E-state index in [0.717, 1.165) is 22.6 Å². The number of phenols is 1. The number of hydrogen-bond acceptors (Lipinski definition) is 5. The average molecular weight is 459 g/mol. The maximum atomic E-state index is 12.3. The van der Waals surface area contributed by atoms with Crippen molar-refractivity contribution in [2.75, 3.05) is 5.75 Å². The van der Waals surface area contributed by atoms with Gasteiger partial charge in [0, 0.05) is 0 Å². The first kappa shape index (κ1) is 22.3. The third-order valence-electron chi connectivity index (χ3n) is 4.89. The zero-order chi connectivity index (χ0) is 23.2. The molecule has 3 aromatic carbocycles. The Balaban J connectivity index is 1.51. The highest BCUT2D eigenvalue weighted by molar-refractivity contribution is 7.99. The molecule has 1 amide bonds. The highest BCUT2D eigenvalue weighted by Gasteiger charge is 2.24. The molecule has 0 bridgehead atoms. The molecule has 0 saturated carbocycles. The number of aromatic hydroxyl groups is 1. The molecule has 0 radical (unpaired) electrons. The predicted octanol–water partition coefficient (Wildman–Crippen LogP) is 3.92. The highest BCUT2D eigenvalue weighted by atomic mass is 32.2. The minimum atomic E-state index is -0.258. The van der Waals surface area contributed by atoms with Gasteiger partial charge in [-0.15, -0.1) is 5.10 Å². The van der Waals surface area contributed by atoms with Crippen LogP contribution in [0.15, 0.2) is 83.1 Å². The smallest absolute Gasteiger partial charge is 0.342 e. The first-order chi connectivity index (χ1) is 16.0. The monoisotopic (exact) mass is 458 g/mol. The van der Waals surface area contributed by atoms with Crippen LogP contribution in [-0.4, -0.2) is 33.2 Å². The lowest BCUT2D eigenvalue weighted by Crippen LogP contribution is -2.34. The molecule has 4 aromatic rings. The fraction of sp³-hybridized carbons (Fsp3) is 0.120. The summed E-state index contributed by atoms with van der Waals surface area (Å²) in [5, 5.41) is 21.7. The molecule has 0 saturated heterocycles. The van der Waals surface area contributed by atoms with Gasteiger partial charge in [-0.3, -0.25) is 4.79 Å². The van der Waals surface area contributed by atoms with Gasteiger partial charge in [-0.05, 0) is 67.6 Å². The number of nitrogens with one attached hydrogen (secondary N) is 2. The van der Waals surface area contributed by atoms with Crippen molar-refractivity contribution in [3.8, 4) is 22.8 Å². The molecule has 166 valence electrons.